The highest BCUT2D eigenvalue weighted by Crippen LogP contribution is 2.38. The molecule has 0 bridgehead atoms. The van der Waals surface area contributed by atoms with Crippen molar-refractivity contribution in [1.82, 2.24) is 9.88 Å². The van der Waals surface area contributed by atoms with Crippen molar-refractivity contribution in [1.29, 1.82) is 0 Å². The van der Waals surface area contributed by atoms with Crippen molar-refractivity contribution in [2.45, 2.75) is 6.54 Å². The Bertz CT molecular complexity index is 1110. The van der Waals surface area contributed by atoms with E-state index in [4.69, 9.17) is 30.5 Å². The summed E-state index contributed by atoms with van der Waals surface area (Å²) in [6.07, 6.45) is 1.59. The van der Waals surface area contributed by atoms with E-state index in [2.05, 4.69) is 4.98 Å². The summed E-state index contributed by atoms with van der Waals surface area (Å²) in [4.78, 5) is 19.5. The van der Waals surface area contributed by atoms with Crippen molar-refractivity contribution < 1.29 is 23.7 Å². The predicted octanol–water partition coefficient (Wildman–Crippen LogP) is 4.46. The van der Waals surface area contributed by atoms with Gasteiger partial charge in [0.05, 0.1) is 38.6 Å². The lowest BCUT2D eigenvalue weighted by molar-refractivity contribution is 0.0732. The molecule has 0 saturated carbocycles. The summed E-state index contributed by atoms with van der Waals surface area (Å²) in [5.41, 5.74) is 2.90. The van der Waals surface area contributed by atoms with Gasteiger partial charge in [-0.2, -0.15) is 0 Å². The molecule has 32 heavy (non-hydrogen) atoms. The van der Waals surface area contributed by atoms with Gasteiger partial charge in [0.15, 0.2) is 11.5 Å². The minimum atomic E-state index is -0.146. The minimum absolute atomic E-state index is 0.146. The lowest BCUT2D eigenvalue weighted by Crippen LogP contribution is -2.32. The molecule has 0 saturated heterocycles. The van der Waals surface area contributed by atoms with Crippen LogP contribution in [0, 0.1) is 0 Å². The molecule has 1 aromatic heterocycles. The van der Waals surface area contributed by atoms with Crippen LogP contribution in [0.5, 0.6) is 23.0 Å². The van der Waals surface area contributed by atoms with Crippen LogP contribution in [0.3, 0.4) is 0 Å². The van der Waals surface area contributed by atoms with E-state index >= 15 is 0 Å². The molecule has 7 nitrogen and oxygen atoms in total. The van der Waals surface area contributed by atoms with Gasteiger partial charge in [0.1, 0.15) is 18.1 Å². The van der Waals surface area contributed by atoms with Gasteiger partial charge in [0, 0.05) is 35.5 Å². The predicted molar refractivity (Wildman–Crippen MR) is 121 cm³/mol. The molecule has 0 radical (unpaired) electrons. The van der Waals surface area contributed by atoms with Gasteiger partial charge in [-0.25, -0.2) is 0 Å². The summed E-state index contributed by atoms with van der Waals surface area (Å²) >= 11 is 5.98. The standard InChI is InChI=1S/C24H23ClN2O5/c1-29-19-9-16(10-20(12-19)30-2)24(28)27-6-7-32-23-17(14-27)8-15(11-22(23)31-3)21-5-4-18(25)13-26-21/h4-5,8-13H,6-7,14H2,1-3H3. The van der Waals surface area contributed by atoms with E-state index in [1.807, 2.05) is 18.2 Å². The molecule has 0 spiro atoms. The summed E-state index contributed by atoms with van der Waals surface area (Å²) in [6.45, 7) is 1.12. The highest BCUT2D eigenvalue weighted by Gasteiger charge is 2.25. The zero-order valence-electron chi connectivity index (χ0n) is 18.1. The number of nitrogens with zero attached hydrogens (tertiary/aromatic N) is 2. The monoisotopic (exact) mass is 454 g/mol. The molecular formula is C24H23ClN2O5. The van der Waals surface area contributed by atoms with E-state index in [1.54, 1.807) is 56.7 Å². The van der Waals surface area contributed by atoms with E-state index in [-0.39, 0.29) is 5.91 Å². The number of carbonyl (C=O) groups is 1. The van der Waals surface area contributed by atoms with Crippen molar-refractivity contribution in [3.05, 3.63) is 64.8 Å². The van der Waals surface area contributed by atoms with Crippen LogP contribution in [0.1, 0.15) is 15.9 Å². The fraction of sp³-hybridized carbons (Fsp3) is 0.250. The third-order valence-corrected chi connectivity index (χ3v) is 5.45. The molecule has 0 atom stereocenters. The number of amides is 1. The fourth-order valence-electron chi connectivity index (χ4n) is 3.62. The van der Waals surface area contributed by atoms with E-state index in [1.165, 1.54) is 0 Å². The van der Waals surface area contributed by atoms with Crippen LogP contribution in [0.15, 0.2) is 48.7 Å². The van der Waals surface area contributed by atoms with Crippen molar-refractivity contribution in [3.8, 4) is 34.3 Å². The second-order valence-electron chi connectivity index (χ2n) is 7.20. The van der Waals surface area contributed by atoms with E-state index in [9.17, 15) is 4.79 Å². The highest BCUT2D eigenvalue weighted by molar-refractivity contribution is 6.30. The Labute approximate surface area is 191 Å². The molecule has 0 N–H and O–H groups in total. The number of methoxy groups -OCH3 is 3. The van der Waals surface area contributed by atoms with Gasteiger partial charge in [0.25, 0.3) is 5.91 Å². The summed E-state index contributed by atoms with van der Waals surface area (Å²) < 4.78 is 22.2. The number of ether oxygens (including phenoxy) is 4. The van der Waals surface area contributed by atoms with Crippen LogP contribution in [-0.2, 0) is 6.54 Å². The van der Waals surface area contributed by atoms with Crippen LogP contribution in [0.2, 0.25) is 5.02 Å². The Morgan fingerprint density at radius 3 is 2.41 bits per heavy atom. The maximum atomic E-state index is 13.3. The molecule has 1 aliphatic rings. The highest BCUT2D eigenvalue weighted by atomic mass is 35.5. The number of halogens is 1. The smallest absolute Gasteiger partial charge is 0.254 e. The van der Waals surface area contributed by atoms with Crippen LogP contribution in [0.4, 0.5) is 0 Å². The molecule has 0 unspecified atom stereocenters. The molecule has 166 valence electrons. The minimum Gasteiger partial charge on any atom is -0.497 e. The van der Waals surface area contributed by atoms with Crippen molar-refractivity contribution in [2.24, 2.45) is 0 Å². The van der Waals surface area contributed by atoms with Gasteiger partial charge in [-0.3, -0.25) is 9.78 Å². The molecule has 2 heterocycles. The second-order valence-corrected chi connectivity index (χ2v) is 7.64. The Balaban J connectivity index is 1.70. The summed E-state index contributed by atoms with van der Waals surface area (Å²) in [7, 11) is 4.70. The average Bonchev–Trinajstić information content (AvgIpc) is 3.05. The number of fused-ring (bicyclic) bond motifs is 1. The Kier molecular flexibility index (Phi) is 6.37. The largest absolute Gasteiger partial charge is 0.497 e. The zero-order chi connectivity index (χ0) is 22.7. The summed E-state index contributed by atoms with van der Waals surface area (Å²) in [6, 6.07) is 12.6. The molecule has 3 aromatic rings. The maximum Gasteiger partial charge on any atom is 0.254 e. The first-order valence-electron chi connectivity index (χ1n) is 10.0. The van der Waals surface area contributed by atoms with Gasteiger partial charge in [-0.05, 0) is 36.4 Å². The topological polar surface area (TPSA) is 70.1 Å². The first-order valence-corrected chi connectivity index (χ1v) is 10.4. The summed E-state index contributed by atoms with van der Waals surface area (Å²) in [5, 5.41) is 0.560. The van der Waals surface area contributed by atoms with Gasteiger partial charge >= 0.3 is 0 Å². The van der Waals surface area contributed by atoms with Crippen LogP contribution in [-0.4, -0.2) is 50.3 Å². The average molecular weight is 455 g/mol. The molecular weight excluding hydrogens is 432 g/mol. The lowest BCUT2D eigenvalue weighted by atomic mass is 10.0. The first-order chi connectivity index (χ1) is 15.5. The van der Waals surface area contributed by atoms with Gasteiger partial charge in [0.2, 0.25) is 0 Å². The van der Waals surface area contributed by atoms with E-state index < -0.39 is 0 Å². The van der Waals surface area contributed by atoms with Gasteiger partial charge in [-0.15, -0.1) is 0 Å². The zero-order valence-corrected chi connectivity index (χ0v) is 18.8. The van der Waals surface area contributed by atoms with Crippen LogP contribution in [0.25, 0.3) is 11.3 Å². The molecule has 0 aliphatic carbocycles. The molecule has 0 fully saturated rings. The van der Waals surface area contributed by atoms with Crippen molar-refractivity contribution in [2.75, 3.05) is 34.5 Å². The fourth-order valence-corrected chi connectivity index (χ4v) is 3.73. The Morgan fingerprint density at radius 1 is 1.03 bits per heavy atom. The van der Waals surface area contributed by atoms with Gasteiger partial charge < -0.3 is 23.8 Å². The normalized spacial score (nSPS) is 12.9. The third-order valence-electron chi connectivity index (χ3n) is 5.23. The van der Waals surface area contributed by atoms with Crippen LogP contribution < -0.4 is 18.9 Å². The number of pyridine rings is 1. The maximum absolute atomic E-state index is 13.3. The Morgan fingerprint density at radius 2 is 1.78 bits per heavy atom. The van der Waals surface area contributed by atoms with E-state index in [0.29, 0.717) is 53.3 Å². The number of aromatic nitrogens is 1. The number of hydrogen-bond donors (Lipinski definition) is 0. The third kappa shape index (κ3) is 4.43. The molecule has 2 aromatic carbocycles. The number of hydrogen-bond acceptors (Lipinski definition) is 6. The SMILES string of the molecule is COc1cc(OC)cc(C(=O)N2CCOc3c(cc(-c4ccc(Cl)cn4)cc3OC)C2)c1. The molecule has 1 amide bonds. The molecule has 1 aliphatic heterocycles. The first kappa shape index (κ1) is 21.8. The molecule has 4 rings (SSSR count). The summed E-state index contributed by atoms with van der Waals surface area (Å²) in [5.74, 6) is 2.18. The number of rotatable bonds is 5. The number of benzene rings is 2. The Hall–Kier alpha value is -3.45. The number of carbonyl (C=O) groups excluding carboxylic acids is 1. The quantitative estimate of drug-likeness (QED) is 0.566. The van der Waals surface area contributed by atoms with Crippen molar-refractivity contribution >= 4 is 17.5 Å². The van der Waals surface area contributed by atoms with Crippen molar-refractivity contribution in [3.63, 3.8) is 0 Å². The second kappa shape index (κ2) is 9.36. The molecule has 8 heteroatoms. The van der Waals surface area contributed by atoms with E-state index in [0.717, 1.165) is 16.8 Å². The van der Waals surface area contributed by atoms with Crippen LogP contribution >= 0.6 is 11.6 Å². The lowest BCUT2D eigenvalue weighted by Gasteiger charge is -2.21. The van der Waals surface area contributed by atoms with Gasteiger partial charge in [-0.1, -0.05) is 11.6 Å².